The molecule has 3 aliphatic heterocycles. The highest BCUT2D eigenvalue weighted by Gasteiger charge is 2.83. The van der Waals surface area contributed by atoms with E-state index < -0.39 is 28.3 Å². The number of fused-ring (bicyclic) bond motifs is 2. The molecule has 3 heterocycles. The van der Waals surface area contributed by atoms with E-state index in [-0.39, 0.29) is 59.5 Å². The van der Waals surface area contributed by atoms with Crippen LogP contribution in [-0.2, 0) is 25.5 Å². The third kappa shape index (κ3) is 4.15. The Labute approximate surface area is 253 Å². The van der Waals surface area contributed by atoms with Gasteiger partial charge in [0.25, 0.3) is 0 Å². The highest BCUT2D eigenvalue weighted by molar-refractivity contribution is 6.09. The van der Waals surface area contributed by atoms with E-state index in [0.29, 0.717) is 36.1 Å². The first-order chi connectivity index (χ1) is 20.0. The first-order valence-electron chi connectivity index (χ1n) is 15.2. The van der Waals surface area contributed by atoms with Gasteiger partial charge in [-0.05, 0) is 85.5 Å². The largest absolute Gasteiger partial charge is 0.506 e. The lowest BCUT2D eigenvalue weighted by Gasteiger charge is -2.60. The van der Waals surface area contributed by atoms with Gasteiger partial charge in [-0.3, -0.25) is 14.4 Å². The molecule has 230 valence electrons. The summed E-state index contributed by atoms with van der Waals surface area (Å²) in [5, 5.41) is 11.6. The number of carbonyl (C=O) groups excluding carboxylic acids is 3. The van der Waals surface area contributed by atoms with Crippen LogP contribution in [0.5, 0.6) is 17.2 Å². The standard InChI is InChI=1S/C35H42O8/c1-18(2)9-10-23-29-22(12-13-32(5,6)41-29)27(37)26-28(38)24-15-21-16-25-33(7,8)43-34(31(21)39,35(24,25)42-30(23)26)14-11-19(3)17-40-20(4)36/h9,11-13,21,24-25,37H,10,14-17H2,1-8H3/b19-11-. The summed E-state index contributed by atoms with van der Waals surface area (Å²) in [5.41, 5.74) is -0.914. The van der Waals surface area contributed by atoms with Gasteiger partial charge in [0.1, 0.15) is 35.0 Å². The van der Waals surface area contributed by atoms with Gasteiger partial charge in [0.15, 0.2) is 22.8 Å². The molecule has 8 nitrogen and oxygen atoms in total. The maximum atomic E-state index is 14.7. The molecule has 0 aromatic heterocycles. The Kier molecular flexibility index (Phi) is 6.59. The lowest BCUT2D eigenvalue weighted by molar-refractivity contribution is -0.199. The SMILES string of the molecule is CC(=O)OC/C(C)=C\CC12OC(C)(C)C3CC(CC4C(=O)c5c(O)c6c(c(CC=C(C)C)c5OC431)OC(C)(C)C=C6)C2=O. The second-order valence-electron chi connectivity index (χ2n) is 14.3. The molecule has 8 heteroatoms. The fourth-order valence-electron chi connectivity index (χ4n) is 8.22. The number of esters is 1. The highest BCUT2D eigenvalue weighted by Crippen LogP contribution is 2.70. The minimum Gasteiger partial charge on any atom is -0.506 e. The van der Waals surface area contributed by atoms with Crippen molar-refractivity contribution in [1.82, 2.24) is 0 Å². The number of hydrogen-bond donors (Lipinski definition) is 1. The predicted molar refractivity (Wildman–Crippen MR) is 160 cm³/mol. The highest BCUT2D eigenvalue weighted by atomic mass is 16.6. The Morgan fingerprint density at radius 2 is 1.77 bits per heavy atom. The summed E-state index contributed by atoms with van der Waals surface area (Å²) in [7, 11) is 0. The average molecular weight is 591 g/mol. The first kappa shape index (κ1) is 29.7. The zero-order valence-corrected chi connectivity index (χ0v) is 26.4. The number of phenolic OH excluding ortho intramolecular Hbond substituents is 1. The van der Waals surface area contributed by atoms with Gasteiger partial charge in [-0.1, -0.05) is 17.7 Å². The van der Waals surface area contributed by atoms with Gasteiger partial charge < -0.3 is 24.1 Å². The fraction of sp³-hybridized carbons (Fsp3) is 0.571. The van der Waals surface area contributed by atoms with Gasteiger partial charge in [-0.2, -0.15) is 0 Å². The van der Waals surface area contributed by atoms with Crippen molar-refractivity contribution < 1.29 is 38.4 Å². The van der Waals surface area contributed by atoms with Crippen LogP contribution in [-0.4, -0.2) is 51.7 Å². The number of ether oxygens (including phenoxy) is 4. The Balaban J connectivity index is 1.58. The van der Waals surface area contributed by atoms with E-state index in [1.807, 2.05) is 72.8 Å². The van der Waals surface area contributed by atoms with E-state index in [2.05, 4.69) is 0 Å². The second kappa shape index (κ2) is 9.55. The van der Waals surface area contributed by atoms with Gasteiger partial charge in [0, 0.05) is 30.7 Å². The van der Waals surface area contributed by atoms with Crippen LogP contribution in [0.4, 0.5) is 0 Å². The third-order valence-electron chi connectivity index (χ3n) is 10.1. The van der Waals surface area contributed by atoms with Crippen molar-refractivity contribution in [3.8, 4) is 17.2 Å². The van der Waals surface area contributed by atoms with Gasteiger partial charge >= 0.3 is 5.97 Å². The number of allylic oxidation sites excluding steroid dienone is 2. The number of phenols is 1. The number of ketones is 2. The Hall–Kier alpha value is -3.39. The third-order valence-corrected chi connectivity index (χ3v) is 10.1. The second-order valence-corrected chi connectivity index (χ2v) is 14.3. The molecular formula is C35H42O8. The van der Waals surface area contributed by atoms with Gasteiger partial charge in [0.05, 0.1) is 17.1 Å². The minimum atomic E-state index is -1.42. The lowest BCUT2D eigenvalue weighted by atomic mass is 9.46. The van der Waals surface area contributed by atoms with Gasteiger partial charge in [-0.25, -0.2) is 0 Å². The van der Waals surface area contributed by atoms with E-state index in [4.69, 9.17) is 18.9 Å². The molecule has 1 N–H and O–H groups in total. The molecule has 5 atom stereocenters. The number of rotatable bonds is 6. The van der Waals surface area contributed by atoms with Crippen molar-refractivity contribution in [2.45, 2.75) is 103 Å². The molecule has 0 radical (unpaired) electrons. The van der Waals surface area contributed by atoms with Crippen molar-refractivity contribution in [3.05, 3.63) is 46.1 Å². The van der Waals surface area contributed by atoms with Crippen molar-refractivity contribution in [3.63, 3.8) is 0 Å². The minimum absolute atomic E-state index is 0.0493. The summed E-state index contributed by atoms with van der Waals surface area (Å²) >= 11 is 0. The van der Waals surface area contributed by atoms with Crippen molar-refractivity contribution in [2.24, 2.45) is 17.8 Å². The number of benzene rings is 1. The number of carbonyl (C=O) groups is 3. The smallest absolute Gasteiger partial charge is 0.302 e. The van der Waals surface area contributed by atoms with Crippen LogP contribution in [0.15, 0.2) is 29.4 Å². The van der Waals surface area contributed by atoms with E-state index in [1.165, 1.54) is 6.92 Å². The molecule has 1 aromatic carbocycles. The van der Waals surface area contributed by atoms with Gasteiger partial charge in [-0.15, -0.1) is 0 Å². The van der Waals surface area contributed by atoms with Crippen molar-refractivity contribution >= 4 is 23.6 Å². The zero-order chi connectivity index (χ0) is 31.3. The molecule has 4 fully saturated rings. The molecule has 5 unspecified atom stereocenters. The van der Waals surface area contributed by atoms with Crippen LogP contribution in [0.3, 0.4) is 0 Å². The lowest BCUT2D eigenvalue weighted by Crippen LogP contribution is -2.76. The molecule has 6 aliphatic rings. The predicted octanol–water partition coefficient (Wildman–Crippen LogP) is 6.07. The summed E-state index contributed by atoms with van der Waals surface area (Å²) in [6.45, 7) is 15.1. The van der Waals surface area contributed by atoms with Crippen LogP contribution < -0.4 is 9.47 Å². The molecule has 3 saturated carbocycles. The molecule has 0 amide bonds. The van der Waals surface area contributed by atoms with Crippen LogP contribution in [0, 0.1) is 17.8 Å². The van der Waals surface area contributed by atoms with Crippen LogP contribution in [0.1, 0.15) is 96.1 Å². The molecule has 3 aliphatic carbocycles. The molecule has 4 bridgehead atoms. The van der Waals surface area contributed by atoms with Crippen LogP contribution in [0.25, 0.3) is 6.08 Å². The maximum absolute atomic E-state index is 14.7. The fourth-order valence-corrected chi connectivity index (χ4v) is 8.22. The Morgan fingerprint density at radius 1 is 1.05 bits per heavy atom. The molecule has 1 aromatic rings. The van der Waals surface area contributed by atoms with E-state index >= 15 is 0 Å². The van der Waals surface area contributed by atoms with E-state index in [0.717, 1.165) is 11.1 Å². The van der Waals surface area contributed by atoms with Crippen molar-refractivity contribution in [1.29, 1.82) is 0 Å². The average Bonchev–Trinajstić information content (AvgIpc) is 3.07. The summed E-state index contributed by atoms with van der Waals surface area (Å²) in [5.74, 6) is -1.31. The first-order valence-corrected chi connectivity index (χ1v) is 15.2. The monoisotopic (exact) mass is 590 g/mol. The topological polar surface area (TPSA) is 108 Å². The Bertz CT molecular complexity index is 1540. The molecule has 1 spiro atoms. The summed E-state index contributed by atoms with van der Waals surface area (Å²) in [4.78, 5) is 40.5. The summed E-state index contributed by atoms with van der Waals surface area (Å²) in [6.07, 6.45) is 9.14. The number of aromatic hydroxyl groups is 1. The van der Waals surface area contributed by atoms with Crippen LogP contribution in [0.2, 0.25) is 0 Å². The summed E-state index contributed by atoms with van der Waals surface area (Å²) < 4.78 is 25.7. The molecular weight excluding hydrogens is 548 g/mol. The normalized spacial score (nSPS) is 32.3. The molecule has 7 rings (SSSR count). The van der Waals surface area contributed by atoms with Crippen molar-refractivity contribution in [2.75, 3.05) is 6.61 Å². The zero-order valence-electron chi connectivity index (χ0n) is 26.4. The maximum Gasteiger partial charge on any atom is 0.302 e. The number of Topliss-reactive ketones (excluding diaryl/α,β-unsaturated/α-hetero) is 2. The number of hydrogen-bond acceptors (Lipinski definition) is 8. The van der Waals surface area contributed by atoms with Crippen LogP contribution >= 0.6 is 0 Å². The van der Waals surface area contributed by atoms with E-state index in [9.17, 15) is 19.5 Å². The molecule has 43 heavy (non-hydrogen) atoms. The summed E-state index contributed by atoms with van der Waals surface area (Å²) in [6, 6.07) is 0. The van der Waals surface area contributed by atoms with Gasteiger partial charge in [0.2, 0.25) is 0 Å². The Morgan fingerprint density at radius 3 is 2.44 bits per heavy atom. The van der Waals surface area contributed by atoms with E-state index in [1.54, 1.807) is 0 Å². The molecule has 1 saturated heterocycles. The quantitative estimate of drug-likeness (QED) is 0.314.